The number of benzene rings is 2. The average Bonchev–Trinajstić information content (AvgIpc) is 2.67. The van der Waals surface area contributed by atoms with Gasteiger partial charge in [0.15, 0.2) is 11.5 Å². The second kappa shape index (κ2) is 12.0. The van der Waals surface area contributed by atoms with Crippen LogP contribution in [0, 0.1) is 5.82 Å². The number of halogens is 2. The first-order chi connectivity index (χ1) is 13.2. The quantitative estimate of drug-likeness (QED) is 0.398. The maximum absolute atomic E-state index is 13.8. The Hall–Kier alpha value is -1.59. The Morgan fingerprint density at radius 1 is 1.00 bits per heavy atom. The zero-order valence-corrected chi connectivity index (χ0v) is 17.8. The summed E-state index contributed by atoms with van der Waals surface area (Å²) in [4.78, 5) is 0. The molecule has 0 aliphatic carbocycles. The second-order valence-corrected chi connectivity index (χ2v) is 7.42. The first-order valence-corrected chi connectivity index (χ1v) is 10.4. The number of hydrogen-bond donors (Lipinski definition) is 1. The minimum absolute atomic E-state index is 0.158. The van der Waals surface area contributed by atoms with Gasteiger partial charge in [0.05, 0.1) is 7.11 Å². The summed E-state index contributed by atoms with van der Waals surface area (Å²) in [5.74, 6) is 0.973. The van der Waals surface area contributed by atoms with Crippen molar-refractivity contribution in [3.05, 3.63) is 57.8 Å². The highest BCUT2D eigenvalue weighted by atomic mass is 79.9. The van der Waals surface area contributed by atoms with E-state index in [0.717, 1.165) is 23.1 Å². The molecule has 0 heterocycles. The van der Waals surface area contributed by atoms with E-state index in [0.29, 0.717) is 17.1 Å². The van der Waals surface area contributed by atoms with Gasteiger partial charge in [-0.3, -0.25) is 0 Å². The largest absolute Gasteiger partial charge is 0.493 e. The fourth-order valence-corrected chi connectivity index (χ4v) is 3.30. The van der Waals surface area contributed by atoms with Crippen LogP contribution in [0.3, 0.4) is 0 Å². The minimum atomic E-state index is -0.268. The van der Waals surface area contributed by atoms with E-state index in [9.17, 15) is 4.39 Å². The van der Waals surface area contributed by atoms with E-state index in [4.69, 9.17) is 9.47 Å². The van der Waals surface area contributed by atoms with E-state index in [1.807, 2.05) is 12.1 Å². The maximum atomic E-state index is 13.8. The highest BCUT2D eigenvalue weighted by Gasteiger charge is 2.11. The van der Waals surface area contributed by atoms with Crippen LogP contribution in [0.4, 0.5) is 4.39 Å². The Balaban J connectivity index is 1.91. The second-order valence-electron chi connectivity index (χ2n) is 6.57. The standard InChI is InChI=1S/C22H29BrFNO2/c1-3-4-5-6-9-12-25-15-18-13-21(26-2)22(14-19(18)23)27-16-17-10-7-8-11-20(17)24/h7-8,10-11,13-14,25H,3-6,9,12,15-16H2,1-2H3. The summed E-state index contributed by atoms with van der Waals surface area (Å²) in [5.41, 5.74) is 1.63. The summed E-state index contributed by atoms with van der Waals surface area (Å²) in [6, 6.07) is 10.5. The first-order valence-electron chi connectivity index (χ1n) is 9.59. The average molecular weight is 438 g/mol. The highest BCUT2D eigenvalue weighted by molar-refractivity contribution is 9.10. The van der Waals surface area contributed by atoms with Crippen LogP contribution < -0.4 is 14.8 Å². The number of methoxy groups -OCH3 is 1. The molecule has 148 valence electrons. The van der Waals surface area contributed by atoms with Crippen molar-refractivity contribution in [1.29, 1.82) is 0 Å². The van der Waals surface area contributed by atoms with Gasteiger partial charge in [-0.05, 0) is 36.7 Å². The maximum Gasteiger partial charge on any atom is 0.162 e. The third-order valence-corrected chi connectivity index (χ3v) is 5.18. The van der Waals surface area contributed by atoms with Gasteiger partial charge in [0.25, 0.3) is 0 Å². The molecule has 1 N–H and O–H groups in total. The summed E-state index contributed by atoms with van der Waals surface area (Å²) in [7, 11) is 1.62. The van der Waals surface area contributed by atoms with E-state index < -0.39 is 0 Å². The van der Waals surface area contributed by atoms with Gasteiger partial charge in [0, 0.05) is 16.6 Å². The van der Waals surface area contributed by atoms with Crippen LogP contribution in [-0.2, 0) is 13.2 Å². The van der Waals surface area contributed by atoms with Gasteiger partial charge < -0.3 is 14.8 Å². The Labute approximate surface area is 170 Å². The molecule has 2 rings (SSSR count). The number of hydrogen-bond acceptors (Lipinski definition) is 3. The number of ether oxygens (including phenoxy) is 2. The third-order valence-electron chi connectivity index (χ3n) is 4.45. The lowest BCUT2D eigenvalue weighted by Crippen LogP contribution is -2.15. The molecule has 0 radical (unpaired) electrons. The number of rotatable bonds is 12. The SMILES string of the molecule is CCCCCCCNCc1cc(OC)c(OCc2ccccc2F)cc1Br. The fraction of sp³-hybridized carbons (Fsp3) is 0.455. The molecule has 0 fully saturated rings. The first kappa shape index (κ1) is 21.7. The van der Waals surface area contributed by atoms with Crippen LogP contribution in [0.15, 0.2) is 40.9 Å². The summed E-state index contributed by atoms with van der Waals surface area (Å²) in [6.07, 6.45) is 6.36. The molecule has 0 saturated carbocycles. The molecule has 5 heteroatoms. The molecular weight excluding hydrogens is 409 g/mol. The molecule has 0 atom stereocenters. The van der Waals surface area contributed by atoms with Crippen LogP contribution in [0.25, 0.3) is 0 Å². The van der Waals surface area contributed by atoms with Gasteiger partial charge in [-0.25, -0.2) is 4.39 Å². The van der Waals surface area contributed by atoms with Crippen molar-refractivity contribution in [2.75, 3.05) is 13.7 Å². The van der Waals surface area contributed by atoms with Crippen molar-refractivity contribution in [2.45, 2.75) is 52.2 Å². The molecular formula is C22H29BrFNO2. The molecule has 2 aromatic carbocycles. The van der Waals surface area contributed by atoms with Gasteiger partial charge in [-0.2, -0.15) is 0 Å². The summed E-state index contributed by atoms with van der Waals surface area (Å²) in [6.45, 7) is 4.15. The Bertz CT molecular complexity index is 709. The number of nitrogens with one attached hydrogen (secondary N) is 1. The molecule has 0 spiro atoms. The monoisotopic (exact) mass is 437 g/mol. The topological polar surface area (TPSA) is 30.5 Å². The molecule has 0 aliphatic heterocycles. The van der Waals surface area contributed by atoms with Crippen molar-refractivity contribution in [2.24, 2.45) is 0 Å². The van der Waals surface area contributed by atoms with Gasteiger partial charge in [-0.1, -0.05) is 66.7 Å². The predicted molar refractivity (Wildman–Crippen MR) is 112 cm³/mol. The fourth-order valence-electron chi connectivity index (χ4n) is 2.83. The van der Waals surface area contributed by atoms with E-state index in [-0.39, 0.29) is 12.4 Å². The van der Waals surface area contributed by atoms with Gasteiger partial charge in [-0.15, -0.1) is 0 Å². The molecule has 0 saturated heterocycles. The van der Waals surface area contributed by atoms with Crippen molar-refractivity contribution < 1.29 is 13.9 Å². The lowest BCUT2D eigenvalue weighted by atomic mass is 10.1. The third kappa shape index (κ3) is 7.15. The molecule has 0 bridgehead atoms. The Morgan fingerprint density at radius 2 is 1.78 bits per heavy atom. The van der Waals surface area contributed by atoms with Gasteiger partial charge in [0.2, 0.25) is 0 Å². The van der Waals surface area contributed by atoms with Gasteiger partial charge in [0.1, 0.15) is 12.4 Å². The lowest BCUT2D eigenvalue weighted by Gasteiger charge is -2.15. The summed E-state index contributed by atoms with van der Waals surface area (Å²) in [5, 5.41) is 3.48. The van der Waals surface area contributed by atoms with E-state index in [1.165, 1.54) is 38.2 Å². The van der Waals surface area contributed by atoms with E-state index >= 15 is 0 Å². The van der Waals surface area contributed by atoms with Crippen LogP contribution in [0.1, 0.15) is 50.2 Å². The van der Waals surface area contributed by atoms with Crippen molar-refractivity contribution in [3.8, 4) is 11.5 Å². The molecule has 0 amide bonds. The minimum Gasteiger partial charge on any atom is -0.493 e. The highest BCUT2D eigenvalue weighted by Crippen LogP contribution is 2.34. The molecule has 2 aromatic rings. The van der Waals surface area contributed by atoms with Crippen molar-refractivity contribution in [1.82, 2.24) is 5.32 Å². The Morgan fingerprint density at radius 3 is 2.52 bits per heavy atom. The zero-order chi connectivity index (χ0) is 19.5. The van der Waals surface area contributed by atoms with Crippen LogP contribution in [0.2, 0.25) is 0 Å². The van der Waals surface area contributed by atoms with E-state index in [2.05, 4.69) is 28.2 Å². The zero-order valence-electron chi connectivity index (χ0n) is 16.2. The summed E-state index contributed by atoms with van der Waals surface area (Å²) >= 11 is 3.60. The molecule has 3 nitrogen and oxygen atoms in total. The lowest BCUT2D eigenvalue weighted by molar-refractivity contribution is 0.279. The molecule has 27 heavy (non-hydrogen) atoms. The van der Waals surface area contributed by atoms with Crippen LogP contribution in [-0.4, -0.2) is 13.7 Å². The Kier molecular flexibility index (Phi) is 9.64. The predicted octanol–water partition coefficient (Wildman–Crippen LogP) is 6.24. The van der Waals surface area contributed by atoms with E-state index in [1.54, 1.807) is 25.3 Å². The smallest absolute Gasteiger partial charge is 0.162 e. The normalized spacial score (nSPS) is 10.8. The molecule has 0 aromatic heterocycles. The molecule has 0 unspecified atom stereocenters. The van der Waals surface area contributed by atoms with Crippen molar-refractivity contribution >= 4 is 15.9 Å². The summed E-state index contributed by atoms with van der Waals surface area (Å²) < 4.78 is 26.0. The molecule has 0 aliphatic rings. The van der Waals surface area contributed by atoms with Gasteiger partial charge >= 0.3 is 0 Å². The number of unbranched alkanes of at least 4 members (excludes halogenated alkanes) is 4. The van der Waals surface area contributed by atoms with Crippen LogP contribution >= 0.6 is 15.9 Å². The van der Waals surface area contributed by atoms with Crippen LogP contribution in [0.5, 0.6) is 11.5 Å². The van der Waals surface area contributed by atoms with Crippen molar-refractivity contribution in [3.63, 3.8) is 0 Å².